The Bertz CT molecular complexity index is 147. The quantitative estimate of drug-likeness (QED) is 0.638. The molecule has 0 bridgehead atoms. The van der Waals surface area contributed by atoms with Crippen LogP contribution in [0.4, 0.5) is 0 Å². The third kappa shape index (κ3) is 3.86. The lowest BCUT2D eigenvalue weighted by Gasteiger charge is -2.34. The van der Waals surface area contributed by atoms with E-state index in [1.807, 2.05) is 0 Å². The lowest BCUT2D eigenvalue weighted by atomic mass is 9.99. The van der Waals surface area contributed by atoms with E-state index in [4.69, 9.17) is 11.6 Å². The molecule has 13 heavy (non-hydrogen) atoms. The maximum atomic E-state index is 6.17. The zero-order valence-electron chi connectivity index (χ0n) is 9.09. The van der Waals surface area contributed by atoms with Crippen LogP contribution in [-0.2, 0) is 0 Å². The summed E-state index contributed by atoms with van der Waals surface area (Å²) < 4.78 is 0. The van der Waals surface area contributed by atoms with E-state index in [-0.39, 0.29) is 0 Å². The van der Waals surface area contributed by atoms with Crippen LogP contribution in [0.2, 0.25) is 0 Å². The highest BCUT2D eigenvalue weighted by atomic mass is 35.5. The molecule has 1 aliphatic heterocycles. The molecule has 0 aromatic carbocycles. The maximum absolute atomic E-state index is 6.17. The first-order chi connectivity index (χ1) is 6.09. The molecule has 0 saturated carbocycles. The Morgan fingerprint density at radius 3 is 2.69 bits per heavy atom. The molecule has 0 spiro atoms. The molecule has 0 N–H and O–H groups in total. The largest absolute Gasteiger partial charge is 0.303 e. The highest BCUT2D eigenvalue weighted by Gasteiger charge is 2.23. The minimum Gasteiger partial charge on any atom is -0.303 e. The van der Waals surface area contributed by atoms with Crippen LogP contribution in [-0.4, -0.2) is 29.9 Å². The van der Waals surface area contributed by atoms with Crippen molar-refractivity contribution in [2.24, 2.45) is 11.8 Å². The van der Waals surface area contributed by atoms with E-state index in [9.17, 15) is 0 Å². The lowest BCUT2D eigenvalue weighted by molar-refractivity contribution is 0.179. The maximum Gasteiger partial charge on any atom is 0.0386 e. The molecule has 1 fully saturated rings. The predicted molar refractivity (Wildman–Crippen MR) is 59.3 cm³/mol. The van der Waals surface area contributed by atoms with Gasteiger partial charge in [-0.25, -0.2) is 0 Å². The molecule has 0 aromatic heterocycles. The Labute approximate surface area is 87.4 Å². The Balaban J connectivity index is 2.21. The Morgan fingerprint density at radius 1 is 1.46 bits per heavy atom. The van der Waals surface area contributed by atoms with Gasteiger partial charge < -0.3 is 4.90 Å². The average Bonchev–Trinajstić information content (AvgIpc) is 2.07. The molecule has 2 heteroatoms. The second-order valence-electron chi connectivity index (χ2n) is 4.77. The first kappa shape index (κ1) is 11.3. The van der Waals surface area contributed by atoms with E-state index in [0.717, 1.165) is 5.92 Å². The van der Waals surface area contributed by atoms with Gasteiger partial charge in [0.15, 0.2) is 0 Å². The van der Waals surface area contributed by atoms with Crippen molar-refractivity contribution in [2.45, 2.75) is 39.0 Å². The van der Waals surface area contributed by atoms with E-state index in [1.54, 1.807) is 0 Å². The number of rotatable bonds is 3. The number of piperidine rings is 1. The number of alkyl halides is 1. The number of likely N-dealkylation sites (tertiary alicyclic amines) is 1. The third-order valence-corrected chi connectivity index (χ3v) is 3.56. The second kappa shape index (κ2) is 5.21. The molecule has 0 radical (unpaired) electrons. The first-order valence-electron chi connectivity index (χ1n) is 5.46. The molecule has 1 aliphatic rings. The van der Waals surface area contributed by atoms with Crippen molar-refractivity contribution in [3.63, 3.8) is 0 Å². The van der Waals surface area contributed by atoms with Crippen LogP contribution in [0.15, 0.2) is 0 Å². The van der Waals surface area contributed by atoms with Gasteiger partial charge in [-0.3, -0.25) is 0 Å². The summed E-state index contributed by atoms with van der Waals surface area (Å²) in [7, 11) is 0. The molecule has 0 amide bonds. The molecule has 78 valence electrons. The van der Waals surface area contributed by atoms with Gasteiger partial charge in [0.05, 0.1) is 0 Å². The topological polar surface area (TPSA) is 3.24 Å². The van der Waals surface area contributed by atoms with Gasteiger partial charge in [0, 0.05) is 11.9 Å². The lowest BCUT2D eigenvalue weighted by Crippen LogP contribution is -2.40. The number of hydrogen-bond donors (Lipinski definition) is 0. The summed E-state index contributed by atoms with van der Waals surface area (Å²) in [6.45, 7) is 10.5. The fraction of sp³-hybridized carbons (Fsp3) is 1.00. The summed E-state index contributed by atoms with van der Waals surface area (Å²) in [6, 6.07) is 0. The summed E-state index contributed by atoms with van der Waals surface area (Å²) in [6.07, 6.45) is 2.49. The molecule has 1 rings (SSSR count). The zero-order valence-corrected chi connectivity index (χ0v) is 9.85. The molecular weight excluding hydrogens is 182 g/mol. The Hall–Kier alpha value is 0.250. The van der Waals surface area contributed by atoms with Gasteiger partial charge in [0.25, 0.3) is 0 Å². The Kier molecular flexibility index (Phi) is 4.54. The minimum absolute atomic E-state index is 0.412. The van der Waals surface area contributed by atoms with Crippen molar-refractivity contribution in [1.29, 1.82) is 0 Å². The van der Waals surface area contributed by atoms with Crippen molar-refractivity contribution < 1.29 is 0 Å². The van der Waals surface area contributed by atoms with Crippen LogP contribution in [0.25, 0.3) is 0 Å². The van der Waals surface area contributed by atoms with Crippen molar-refractivity contribution in [3.8, 4) is 0 Å². The van der Waals surface area contributed by atoms with Crippen LogP contribution < -0.4 is 0 Å². The van der Waals surface area contributed by atoms with Crippen molar-refractivity contribution in [2.75, 3.05) is 19.6 Å². The smallest absolute Gasteiger partial charge is 0.0386 e. The second-order valence-corrected chi connectivity index (χ2v) is 5.33. The van der Waals surface area contributed by atoms with Crippen LogP contribution in [0.3, 0.4) is 0 Å². The predicted octanol–water partition coefficient (Wildman–Crippen LogP) is 2.98. The number of hydrogen-bond acceptors (Lipinski definition) is 1. The van der Waals surface area contributed by atoms with E-state index < -0.39 is 0 Å². The fourth-order valence-corrected chi connectivity index (χ4v) is 2.02. The first-order valence-corrected chi connectivity index (χ1v) is 5.89. The van der Waals surface area contributed by atoms with Crippen LogP contribution >= 0.6 is 11.6 Å². The van der Waals surface area contributed by atoms with Gasteiger partial charge in [0.1, 0.15) is 0 Å². The van der Waals surface area contributed by atoms with Crippen LogP contribution in [0, 0.1) is 11.8 Å². The SMILES string of the molecule is CC(C)CCN1CCC(Cl)C(C)C1. The standard InChI is InChI=1S/C11H22ClN/c1-9(2)4-6-13-7-5-11(12)10(3)8-13/h9-11H,4-8H2,1-3H3. The van der Waals surface area contributed by atoms with E-state index in [1.165, 1.54) is 32.5 Å². The summed E-state index contributed by atoms with van der Waals surface area (Å²) in [5, 5.41) is 0.412. The van der Waals surface area contributed by atoms with Crippen molar-refractivity contribution in [1.82, 2.24) is 4.90 Å². The summed E-state index contributed by atoms with van der Waals surface area (Å²) in [5.41, 5.74) is 0. The van der Waals surface area contributed by atoms with Gasteiger partial charge >= 0.3 is 0 Å². The van der Waals surface area contributed by atoms with E-state index in [0.29, 0.717) is 11.3 Å². The normalized spacial score (nSPS) is 31.2. The molecule has 0 aliphatic carbocycles. The molecule has 1 nitrogen and oxygen atoms in total. The van der Waals surface area contributed by atoms with Gasteiger partial charge in [-0.1, -0.05) is 20.8 Å². The highest BCUT2D eigenvalue weighted by molar-refractivity contribution is 6.20. The molecule has 1 saturated heterocycles. The van der Waals surface area contributed by atoms with Crippen molar-refractivity contribution >= 4 is 11.6 Å². The Morgan fingerprint density at radius 2 is 2.15 bits per heavy atom. The molecular formula is C11H22ClN. The molecule has 2 unspecified atom stereocenters. The molecule has 0 aromatic rings. The third-order valence-electron chi connectivity index (χ3n) is 2.91. The van der Waals surface area contributed by atoms with Gasteiger partial charge in [-0.15, -0.1) is 11.6 Å². The van der Waals surface area contributed by atoms with Gasteiger partial charge in [-0.05, 0) is 37.8 Å². The van der Waals surface area contributed by atoms with E-state index in [2.05, 4.69) is 25.7 Å². The van der Waals surface area contributed by atoms with Crippen LogP contribution in [0.1, 0.15) is 33.6 Å². The average molecular weight is 204 g/mol. The summed E-state index contributed by atoms with van der Waals surface area (Å²) in [5.74, 6) is 1.49. The van der Waals surface area contributed by atoms with Gasteiger partial charge in [0.2, 0.25) is 0 Å². The van der Waals surface area contributed by atoms with Crippen molar-refractivity contribution in [3.05, 3.63) is 0 Å². The minimum atomic E-state index is 0.412. The van der Waals surface area contributed by atoms with Crippen LogP contribution in [0.5, 0.6) is 0 Å². The highest BCUT2D eigenvalue weighted by Crippen LogP contribution is 2.22. The zero-order chi connectivity index (χ0) is 9.84. The molecule has 2 atom stereocenters. The molecule has 1 heterocycles. The number of nitrogens with zero attached hydrogens (tertiary/aromatic N) is 1. The fourth-order valence-electron chi connectivity index (χ4n) is 1.85. The monoisotopic (exact) mass is 203 g/mol. The summed E-state index contributed by atoms with van der Waals surface area (Å²) in [4.78, 5) is 2.56. The number of halogens is 1. The van der Waals surface area contributed by atoms with E-state index >= 15 is 0 Å². The van der Waals surface area contributed by atoms with Gasteiger partial charge in [-0.2, -0.15) is 0 Å². The summed E-state index contributed by atoms with van der Waals surface area (Å²) >= 11 is 6.17.